The highest BCUT2D eigenvalue weighted by molar-refractivity contribution is 5.94. The van der Waals surface area contributed by atoms with Crippen LogP contribution in [-0.4, -0.2) is 72.9 Å². The van der Waals surface area contributed by atoms with Gasteiger partial charge in [-0.3, -0.25) is 14.4 Å². The number of carboxylic acids is 1. The minimum absolute atomic E-state index is 0.0141. The fourth-order valence-corrected chi connectivity index (χ4v) is 3.93. The quantitative estimate of drug-likeness (QED) is 0.144. The van der Waals surface area contributed by atoms with Gasteiger partial charge in [-0.25, -0.2) is 14.8 Å². The molecule has 0 aliphatic carbocycles. The number of H-pyrrole nitrogens is 2. The fraction of sp³-hybridized carbons (Fsp3) is 0.385. The summed E-state index contributed by atoms with van der Waals surface area (Å²) in [6.45, 7) is 3.33. The lowest BCUT2D eigenvalue weighted by atomic mass is 10.0. The SMILES string of the molecule is CC(C)C(NC(=O)C(Cc1cnc[nH]1)NC(=O)C(Cc1cnc[nH]1)NC(=O)C(N)Cc1ccccc1)C(=O)O. The molecular weight excluding hydrogens is 504 g/mol. The van der Waals surface area contributed by atoms with Gasteiger partial charge in [-0.15, -0.1) is 0 Å². The zero-order chi connectivity index (χ0) is 28.4. The molecule has 4 atom stereocenters. The number of carboxylic acid groups (broad SMARTS) is 1. The number of aromatic amines is 2. The molecular formula is C26H34N8O5. The largest absolute Gasteiger partial charge is 0.480 e. The fourth-order valence-electron chi connectivity index (χ4n) is 3.93. The first-order chi connectivity index (χ1) is 18.6. The van der Waals surface area contributed by atoms with Crippen molar-refractivity contribution in [3.63, 3.8) is 0 Å². The van der Waals surface area contributed by atoms with Crippen LogP contribution in [0.1, 0.15) is 30.8 Å². The van der Waals surface area contributed by atoms with Crippen molar-refractivity contribution in [2.75, 3.05) is 0 Å². The minimum Gasteiger partial charge on any atom is -0.480 e. The summed E-state index contributed by atoms with van der Waals surface area (Å²) in [6.07, 6.45) is 6.22. The molecule has 13 heteroatoms. The number of aliphatic carboxylic acids is 1. The maximum atomic E-state index is 13.5. The van der Waals surface area contributed by atoms with Crippen molar-refractivity contribution in [1.29, 1.82) is 0 Å². The highest BCUT2D eigenvalue weighted by Gasteiger charge is 2.32. The lowest BCUT2D eigenvalue weighted by molar-refractivity contribution is -0.143. The normalized spacial score (nSPS) is 14.2. The summed E-state index contributed by atoms with van der Waals surface area (Å²) < 4.78 is 0. The van der Waals surface area contributed by atoms with Gasteiger partial charge in [0.05, 0.1) is 18.7 Å². The molecule has 0 saturated carbocycles. The molecule has 8 N–H and O–H groups in total. The molecule has 39 heavy (non-hydrogen) atoms. The van der Waals surface area contributed by atoms with Gasteiger partial charge < -0.3 is 36.8 Å². The van der Waals surface area contributed by atoms with Gasteiger partial charge in [0.2, 0.25) is 17.7 Å². The summed E-state index contributed by atoms with van der Waals surface area (Å²) in [4.78, 5) is 64.9. The Labute approximate surface area is 225 Å². The molecule has 4 unspecified atom stereocenters. The van der Waals surface area contributed by atoms with Crippen molar-refractivity contribution in [1.82, 2.24) is 35.9 Å². The molecule has 3 aromatic rings. The molecule has 0 fully saturated rings. The van der Waals surface area contributed by atoms with Crippen LogP contribution in [0.4, 0.5) is 0 Å². The van der Waals surface area contributed by atoms with E-state index in [0.29, 0.717) is 11.4 Å². The monoisotopic (exact) mass is 538 g/mol. The van der Waals surface area contributed by atoms with Gasteiger partial charge in [0, 0.05) is 36.6 Å². The van der Waals surface area contributed by atoms with Gasteiger partial charge in [-0.2, -0.15) is 0 Å². The zero-order valence-corrected chi connectivity index (χ0v) is 21.8. The zero-order valence-electron chi connectivity index (χ0n) is 21.8. The lowest BCUT2D eigenvalue weighted by Gasteiger charge is -2.25. The Morgan fingerprint density at radius 3 is 1.79 bits per heavy atom. The Bertz CT molecular complexity index is 1210. The second-order valence-corrected chi connectivity index (χ2v) is 9.55. The van der Waals surface area contributed by atoms with Gasteiger partial charge in [0.15, 0.2) is 0 Å². The second kappa shape index (κ2) is 13.9. The van der Waals surface area contributed by atoms with Crippen LogP contribution in [0, 0.1) is 5.92 Å². The van der Waals surface area contributed by atoms with Crippen LogP contribution in [0.3, 0.4) is 0 Å². The smallest absolute Gasteiger partial charge is 0.326 e. The predicted molar refractivity (Wildman–Crippen MR) is 141 cm³/mol. The van der Waals surface area contributed by atoms with Gasteiger partial charge in [0.1, 0.15) is 18.1 Å². The molecule has 2 aromatic heterocycles. The van der Waals surface area contributed by atoms with E-state index in [1.807, 2.05) is 30.3 Å². The number of hydrogen-bond acceptors (Lipinski definition) is 7. The molecule has 2 heterocycles. The summed E-state index contributed by atoms with van der Waals surface area (Å²) in [7, 11) is 0. The minimum atomic E-state index is -1.19. The molecule has 1 aromatic carbocycles. The van der Waals surface area contributed by atoms with Crippen LogP contribution in [-0.2, 0) is 38.4 Å². The third kappa shape index (κ3) is 8.78. The Balaban J connectivity index is 1.77. The van der Waals surface area contributed by atoms with E-state index in [2.05, 4.69) is 35.9 Å². The highest BCUT2D eigenvalue weighted by Crippen LogP contribution is 2.08. The van der Waals surface area contributed by atoms with E-state index in [1.54, 1.807) is 13.8 Å². The van der Waals surface area contributed by atoms with Gasteiger partial charge in [0.25, 0.3) is 0 Å². The molecule has 208 valence electrons. The summed E-state index contributed by atoms with van der Waals surface area (Å²) >= 11 is 0. The van der Waals surface area contributed by atoms with Gasteiger partial charge >= 0.3 is 5.97 Å². The molecule has 13 nitrogen and oxygen atoms in total. The van der Waals surface area contributed by atoms with Crippen molar-refractivity contribution < 1.29 is 24.3 Å². The van der Waals surface area contributed by atoms with Crippen molar-refractivity contribution in [3.05, 3.63) is 72.3 Å². The number of carbonyl (C=O) groups excluding carboxylic acids is 3. The number of rotatable bonds is 14. The molecule has 0 radical (unpaired) electrons. The Morgan fingerprint density at radius 1 is 0.821 bits per heavy atom. The van der Waals surface area contributed by atoms with Crippen molar-refractivity contribution in [3.8, 4) is 0 Å². The molecule has 0 aliphatic heterocycles. The van der Waals surface area contributed by atoms with Crippen molar-refractivity contribution in [2.24, 2.45) is 11.7 Å². The van der Waals surface area contributed by atoms with E-state index in [-0.39, 0.29) is 19.3 Å². The first kappa shape index (κ1) is 29.0. The van der Waals surface area contributed by atoms with E-state index in [4.69, 9.17) is 5.73 Å². The van der Waals surface area contributed by atoms with Crippen LogP contribution in [0.15, 0.2) is 55.4 Å². The van der Waals surface area contributed by atoms with Crippen LogP contribution in [0.2, 0.25) is 0 Å². The highest BCUT2D eigenvalue weighted by atomic mass is 16.4. The predicted octanol–water partition coefficient (Wildman–Crippen LogP) is -0.317. The number of benzene rings is 1. The standard InChI is InChI=1S/C26H34N8O5/c1-15(2)22(26(38)39)34-25(37)21(10-18-12-29-14-31-18)33-24(36)20(9-17-11-28-13-30-17)32-23(35)19(27)8-16-6-4-3-5-7-16/h3-7,11-15,19-22H,8-10,27H2,1-2H3,(H,28,30)(H,29,31)(H,32,35)(H,33,36)(H,34,37)(H,38,39). The number of aromatic nitrogens is 4. The number of amides is 3. The van der Waals surface area contributed by atoms with Crippen molar-refractivity contribution in [2.45, 2.75) is 57.3 Å². The molecule has 0 saturated heterocycles. The van der Waals surface area contributed by atoms with Gasteiger partial charge in [-0.1, -0.05) is 44.2 Å². The average Bonchev–Trinajstić information content (AvgIpc) is 3.61. The molecule has 0 aliphatic rings. The molecule has 0 bridgehead atoms. The lowest BCUT2D eigenvalue weighted by Crippen LogP contribution is -2.58. The summed E-state index contributed by atoms with van der Waals surface area (Å²) in [6, 6.07) is 4.90. The first-order valence-electron chi connectivity index (χ1n) is 12.5. The third-order valence-corrected chi connectivity index (χ3v) is 6.09. The number of hydrogen-bond donors (Lipinski definition) is 7. The Kier molecular flexibility index (Phi) is 10.3. The number of carbonyl (C=O) groups is 4. The average molecular weight is 539 g/mol. The number of nitrogens with zero attached hydrogens (tertiary/aromatic N) is 2. The number of nitrogens with one attached hydrogen (secondary N) is 5. The van der Waals surface area contributed by atoms with E-state index in [1.165, 1.54) is 25.0 Å². The molecule has 3 rings (SSSR count). The van der Waals surface area contributed by atoms with E-state index >= 15 is 0 Å². The number of imidazole rings is 2. The molecule has 3 amide bonds. The van der Waals surface area contributed by atoms with Crippen LogP contribution < -0.4 is 21.7 Å². The van der Waals surface area contributed by atoms with Crippen LogP contribution >= 0.6 is 0 Å². The second-order valence-electron chi connectivity index (χ2n) is 9.55. The number of nitrogens with two attached hydrogens (primary N) is 1. The summed E-state index contributed by atoms with van der Waals surface area (Å²) in [5.74, 6) is -3.47. The van der Waals surface area contributed by atoms with Gasteiger partial charge in [-0.05, 0) is 17.9 Å². The third-order valence-electron chi connectivity index (χ3n) is 6.09. The Hall–Kier alpha value is -4.52. The maximum absolute atomic E-state index is 13.5. The first-order valence-corrected chi connectivity index (χ1v) is 12.5. The van der Waals surface area contributed by atoms with Crippen molar-refractivity contribution >= 4 is 23.7 Å². The Morgan fingerprint density at radius 2 is 1.33 bits per heavy atom. The molecule has 0 spiro atoms. The maximum Gasteiger partial charge on any atom is 0.326 e. The van der Waals surface area contributed by atoms with Crippen LogP contribution in [0.25, 0.3) is 0 Å². The summed E-state index contributed by atoms with van der Waals surface area (Å²) in [5, 5.41) is 17.4. The van der Waals surface area contributed by atoms with E-state index in [9.17, 15) is 24.3 Å². The van der Waals surface area contributed by atoms with E-state index in [0.717, 1.165) is 5.56 Å². The topological polar surface area (TPSA) is 208 Å². The van der Waals surface area contributed by atoms with Crippen LogP contribution in [0.5, 0.6) is 0 Å². The summed E-state index contributed by atoms with van der Waals surface area (Å²) in [5.41, 5.74) is 8.12. The van der Waals surface area contributed by atoms with E-state index < -0.39 is 53.8 Å².